The SMILES string of the molecule is Cc1cc(C)c2oc(=O)c(C#N)c(C)c2c1. The summed E-state index contributed by atoms with van der Waals surface area (Å²) in [5.41, 5.74) is 2.81. The normalized spacial score (nSPS) is 10.4. The molecular weight excluding hydrogens is 202 g/mol. The summed E-state index contributed by atoms with van der Waals surface area (Å²) in [6.45, 7) is 5.64. The van der Waals surface area contributed by atoms with Crippen LogP contribution in [0.2, 0.25) is 0 Å². The minimum atomic E-state index is -0.556. The van der Waals surface area contributed by atoms with Gasteiger partial charge < -0.3 is 4.42 Å². The first-order valence-electron chi connectivity index (χ1n) is 4.99. The maximum absolute atomic E-state index is 11.5. The summed E-state index contributed by atoms with van der Waals surface area (Å²) in [6, 6.07) is 5.78. The zero-order valence-electron chi connectivity index (χ0n) is 9.42. The molecule has 0 atom stereocenters. The molecule has 0 amide bonds. The van der Waals surface area contributed by atoms with E-state index in [2.05, 4.69) is 0 Å². The maximum atomic E-state index is 11.5. The molecule has 0 saturated heterocycles. The van der Waals surface area contributed by atoms with Crippen LogP contribution in [-0.4, -0.2) is 0 Å². The fourth-order valence-electron chi connectivity index (χ4n) is 1.93. The highest BCUT2D eigenvalue weighted by molar-refractivity contribution is 5.85. The van der Waals surface area contributed by atoms with Crippen molar-refractivity contribution in [3.63, 3.8) is 0 Å². The molecule has 0 N–H and O–H groups in total. The minimum absolute atomic E-state index is 0.0949. The van der Waals surface area contributed by atoms with Crippen molar-refractivity contribution < 1.29 is 4.42 Å². The first kappa shape index (κ1) is 10.4. The van der Waals surface area contributed by atoms with Gasteiger partial charge in [0.25, 0.3) is 0 Å². The van der Waals surface area contributed by atoms with Gasteiger partial charge in [0.1, 0.15) is 17.2 Å². The lowest BCUT2D eigenvalue weighted by Crippen LogP contribution is -2.07. The van der Waals surface area contributed by atoms with Gasteiger partial charge in [0, 0.05) is 5.39 Å². The Morgan fingerprint density at radius 1 is 1.25 bits per heavy atom. The van der Waals surface area contributed by atoms with Gasteiger partial charge in [0.2, 0.25) is 0 Å². The Hall–Kier alpha value is -2.08. The van der Waals surface area contributed by atoms with E-state index >= 15 is 0 Å². The van der Waals surface area contributed by atoms with E-state index in [1.807, 2.05) is 32.0 Å². The molecule has 2 rings (SSSR count). The number of benzene rings is 1. The number of aryl methyl sites for hydroxylation is 3. The van der Waals surface area contributed by atoms with Crippen LogP contribution in [0.15, 0.2) is 21.3 Å². The van der Waals surface area contributed by atoms with Crippen molar-refractivity contribution in [3.8, 4) is 6.07 Å². The molecule has 0 spiro atoms. The highest BCUT2D eigenvalue weighted by atomic mass is 16.4. The lowest BCUT2D eigenvalue weighted by molar-refractivity contribution is 0.555. The van der Waals surface area contributed by atoms with E-state index in [0.29, 0.717) is 11.1 Å². The monoisotopic (exact) mass is 213 g/mol. The van der Waals surface area contributed by atoms with Gasteiger partial charge in [-0.2, -0.15) is 5.26 Å². The van der Waals surface area contributed by atoms with E-state index in [0.717, 1.165) is 16.5 Å². The van der Waals surface area contributed by atoms with Crippen LogP contribution in [0.5, 0.6) is 0 Å². The molecule has 1 aromatic carbocycles. The fraction of sp³-hybridized carbons (Fsp3) is 0.231. The largest absolute Gasteiger partial charge is 0.421 e. The average molecular weight is 213 g/mol. The van der Waals surface area contributed by atoms with Gasteiger partial charge in [-0.05, 0) is 43.5 Å². The van der Waals surface area contributed by atoms with Crippen molar-refractivity contribution in [2.24, 2.45) is 0 Å². The van der Waals surface area contributed by atoms with Crippen molar-refractivity contribution in [1.29, 1.82) is 5.26 Å². The van der Waals surface area contributed by atoms with Crippen molar-refractivity contribution in [1.82, 2.24) is 0 Å². The molecule has 0 aliphatic heterocycles. The Kier molecular flexibility index (Phi) is 2.28. The molecule has 0 saturated carbocycles. The van der Waals surface area contributed by atoms with E-state index in [-0.39, 0.29) is 5.56 Å². The van der Waals surface area contributed by atoms with Gasteiger partial charge in [0.05, 0.1) is 0 Å². The summed E-state index contributed by atoms with van der Waals surface area (Å²) in [6.07, 6.45) is 0. The van der Waals surface area contributed by atoms with Gasteiger partial charge in [-0.3, -0.25) is 0 Å². The van der Waals surface area contributed by atoms with Crippen LogP contribution in [0.1, 0.15) is 22.3 Å². The molecule has 0 bridgehead atoms. The van der Waals surface area contributed by atoms with Gasteiger partial charge in [0.15, 0.2) is 0 Å². The number of nitriles is 1. The highest BCUT2D eigenvalue weighted by Gasteiger charge is 2.12. The zero-order valence-corrected chi connectivity index (χ0v) is 9.42. The van der Waals surface area contributed by atoms with Gasteiger partial charge in [-0.25, -0.2) is 4.79 Å². The summed E-state index contributed by atoms with van der Waals surface area (Å²) in [5, 5.41) is 9.73. The standard InChI is InChI=1S/C13H11NO2/c1-7-4-8(2)12-10(5-7)9(3)11(6-14)13(15)16-12/h4-5H,1-3H3. The quantitative estimate of drug-likeness (QED) is 0.632. The molecule has 3 nitrogen and oxygen atoms in total. The number of hydrogen-bond donors (Lipinski definition) is 0. The summed E-state index contributed by atoms with van der Waals surface area (Å²) in [4.78, 5) is 11.5. The lowest BCUT2D eigenvalue weighted by Gasteiger charge is -2.06. The number of hydrogen-bond acceptors (Lipinski definition) is 3. The van der Waals surface area contributed by atoms with Crippen LogP contribution >= 0.6 is 0 Å². The molecule has 0 unspecified atom stereocenters. The van der Waals surface area contributed by atoms with Crippen LogP contribution in [0.3, 0.4) is 0 Å². The predicted octanol–water partition coefficient (Wildman–Crippen LogP) is 2.59. The average Bonchev–Trinajstić information content (AvgIpc) is 2.21. The van der Waals surface area contributed by atoms with E-state index in [1.165, 1.54) is 0 Å². The Morgan fingerprint density at radius 2 is 1.94 bits per heavy atom. The van der Waals surface area contributed by atoms with Gasteiger partial charge in [-0.1, -0.05) is 6.07 Å². The molecule has 80 valence electrons. The number of nitrogens with zero attached hydrogens (tertiary/aromatic N) is 1. The summed E-state index contributed by atoms with van der Waals surface area (Å²) < 4.78 is 5.17. The van der Waals surface area contributed by atoms with Gasteiger partial charge >= 0.3 is 5.63 Å². The molecule has 3 heteroatoms. The highest BCUT2D eigenvalue weighted by Crippen LogP contribution is 2.23. The Bertz CT molecular complexity index is 675. The molecule has 2 aromatic rings. The third kappa shape index (κ3) is 1.40. The van der Waals surface area contributed by atoms with Crippen LogP contribution in [0, 0.1) is 32.1 Å². The second kappa shape index (κ2) is 3.49. The van der Waals surface area contributed by atoms with E-state index in [1.54, 1.807) is 6.92 Å². The second-order valence-corrected chi connectivity index (χ2v) is 3.96. The van der Waals surface area contributed by atoms with Crippen molar-refractivity contribution in [2.45, 2.75) is 20.8 Å². The van der Waals surface area contributed by atoms with Gasteiger partial charge in [-0.15, -0.1) is 0 Å². The van der Waals surface area contributed by atoms with Crippen LogP contribution < -0.4 is 5.63 Å². The Morgan fingerprint density at radius 3 is 2.56 bits per heavy atom. The Balaban J connectivity index is 3.06. The summed E-state index contributed by atoms with van der Waals surface area (Å²) in [7, 11) is 0. The number of fused-ring (bicyclic) bond motifs is 1. The molecule has 16 heavy (non-hydrogen) atoms. The predicted molar refractivity (Wildman–Crippen MR) is 61.4 cm³/mol. The lowest BCUT2D eigenvalue weighted by atomic mass is 10.0. The smallest absolute Gasteiger partial charge is 0.354 e. The van der Waals surface area contributed by atoms with Crippen molar-refractivity contribution in [2.75, 3.05) is 0 Å². The van der Waals surface area contributed by atoms with Crippen LogP contribution in [-0.2, 0) is 0 Å². The third-order valence-corrected chi connectivity index (χ3v) is 2.71. The van der Waals surface area contributed by atoms with E-state index < -0.39 is 5.63 Å². The molecule has 0 fully saturated rings. The van der Waals surface area contributed by atoms with E-state index in [9.17, 15) is 4.79 Å². The summed E-state index contributed by atoms with van der Waals surface area (Å²) >= 11 is 0. The van der Waals surface area contributed by atoms with Crippen molar-refractivity contribution in [3.05, 3.63) is 44.8 Å². The molecule has 0 aliphatic carbocycles. The molecule has 0 radical (unpaired) electrons. The molecule has 0 aliphatic rings. The summed E-state index contributed by atoms with van der Waals surface area (Å²) in [5.74, 6) is 0. The molecule has 1 aromatic heterocycles. The van der Waals surface area contributed by atoms with Crippen LogP contribution in [0.4, 0.5) is 0 Å². The Labute approximate surface area is 92.9 Å². The van der Waals surface area contributed by atoms with Crippen LogP contribution in [0.25, 0.3) is 11.0 Å². The molecule has 1 heterocycles. The topological polar surface area (TPSA) is 54.0 Å². The third-order valence-electron chi connectivity index (χ3n) is 2.71. The second-order valence-electron chi connectivity index (χ2n) is 3.96. The first-order chi connectivity index (χ1) is 7.54. The fourth-order valence-corrected chi connectivity index (χ4v) is 1.93. The first-order valence-corrected chi connectivity index (χ1v) is 4.99. The molecular formula is C13H11NO2. The number of rotatable bonds is 0. The zero-order chi connectivity index (χ0) is 11.9. The maximum Gasteiger partial charge on any atom is 0.354 e. The minimum Gasteiger partial charge on any atom is -0.421 e. The van der Waals surface area contributed by atoms with E-state index in [4.69, 9.17) is 9.68 Å². The van der Waals surface area contributed by atoms with Crippen molar-refractivity contribution >= 4 is 11.0 Å².